The fourth-order valence-electron chi connectivity index (χ4n) is 7.30. The first-order valence-corrected chi connectivity index (χ1v) is 21.7. The molecule has 306 valence electrons. The molecule has 2 aromatic heterocycles. The summed E-state index contributed by atoms with van der Waals surface area (Å²) in [7, 11) is 2.12. The first-order chi connectivity index (χ1) is 26.4. The number of unbranched alkanes of at least 4 members (excludes halogenated alkanes) is 6. The van der Waals surface area contributed by atoms with Crippen LogP contribution in [0.4, 0.5) is 5.69 Å². The predicted octanol–water partition coefficient (Wildman–Crippen LogP) is 16.7. The molecule has 2 heterocycles. The van der Waals surface area contributed by atoms with Gasteiger partial charge in [-0.3, -0.25) is 0 Å². The summed E-state index contributed by atoms with van der Waals surface area (Å²) < 4.78 is 8.50. The predicted molar refractivity (Wildman–Crippen MR) is 241 cm³/mol. The van der Waals surface area contributed by atoms with Crippen LogP contribution < -0.4 is 0 Å². The number of aryl methyl sites for hydroxylation is 2. The summed E-state index contributed by atoms with van der Waals surface area (Å²) in [5.74, 6) is 3.32. The molecule has 3 aromatic carbocycles. The third-order valence-corrected chi connectivity index (χ3v) is 10.5. The second-order valence-electron chi connectivity index (χ2n) is 16.4. The largest absolute Gasteiger partial charge is 0.671 e. The van der Waals surface area contributed by atoms with E-state index in [1.54, 1.807) is 0 Å². The summed E-state index contributed by atoms with van der Waals surface area (Å²) in [6, 6.07) is 21.5. The van der Waals surface area contributed by atoms with Crippen molar-refractivity contribution in [3.63, 3.8) is 0 Å². The Hall–Kier alpha value is -2.92. The molecule has 0 radical (unpaired) electrons. The molecule has 4 nitrogen and oxygen atoms in total. The second-order valence-corrected chi connectivity index (χ2v) is 16.4. The molecule has 0 bridgehead atoms. The van der Waals surface area contributed by atoms with E-state index in [0.717, 1.165) is 52.3 Å². The summed E-state index contributed by atoms with van der Waals surface area (Å²) in [4.78, 5) is 5.44. The molecule has 1 unspecified atom stereocenters. The third kappa shape index (κ3) is 12.8. The van der Waals surface area contributed by atoms with Crippen LogP contribution in [0, 0.1) is 6.92 Å². The molecule has 0 N–H and O–H groups in total. The third-order valence-electron chi connectivity index (χ3n) is 10.5. The Balaban J connectivity index is 0.000000726. The van der Waals surface area contributed by atoms with Crippen LogP contribution in [0.15, 0.2) is 71.3 Å². The molecule has 0 aliphatic rings. The van der Waals surface area contributed by atoms with Gasteiger partial charge < -0.3 is 21.2 Å². The first kappa shape index (κ1) is 49.2. The Morgan fingerprint density at radius 1 is 0.661 bits per heavy atom. The zero-order valence-corrected chi connectivity index (χ0v) is 41.2. The molecule has 0 spiro atoms. The van der Waals surface area contributed by atoms with Gasteiger partial charge in [0, 0.05) is 50.9 Å². The van der Waals surface area contributed by atoms with E-state index in [4.69, 9.17) is 14.7 Å². The number of furan rings is 1. The van der Waals surface area contributed by atoms with E-state index in [1.165, 1.54) is 72.8 Å². The Labute approximate surface area is 361 Å². The van der Waals surface area contributed by atoms with Gasteiger partial charge in [-0.2, -0.15) is 6.42 Å². The van der Waals surface area contributed by atoms with Gasteiger partial charge in [0.25, 0.3) is 0 Å². The van der Waals surface area contributed by atoms with Crippen molar-refractivity contribution in [1.82, 2.24) is 9.55 Å². The van der Waals surface area contributed by atoms with Gasteiger partial charge in [-0.05, 0) is 52.5 Å². The van der Waals surface area contributed by atoms with E-state index < -0.39 is 0 Å². The van der Waals surface area contributed by atoms with Crippen LogP contribution >= 0.6 is 0 Å². The molecule has 1 atom stereocenters. The van der Waals surface area contributed by atoms with Crippen molar-refractivity contribution in [1.29, 1.82) is 0 Å². The van der Waals surface area contributed by atoms with Gasteiger partial charge in [0.1, 0.15) is 11.3 Å². The molecule has 0 aliphatic heterocycles. The van der Waals surface area contributed by atoms with Crippen molar-refractivity contribution in [2.24, 2.45) is 7.05 Å². The van der Waals surface area contributed by atoms with E-state index in [0.29, 0.717) is 23.7 Å². The topological polar surface area (TPSA) is 45.1 Å². The minimum atomic E-state index is -0.268. The van der Waals surface area contributed by atoms with Crippen LogP contribution in [-0.4, -0.2) is 9.55 Å². The molecule has 0 saturated carbocycles. The summed E-state index contributed by atoms with van der Waals surface area (Å²) in [6.45, 7) is 30.6. The van der Waals surface area contributed by atoms with Crippen LogP contribution in [0.25, 0.3) is 27.5 Å². The van der Waals surface area contributed by atoms with Crippen LogP contribution in [0.2, 0.25) is 0 Å². The van der Waals surface area contributed by atoms with Gasteiger partial charge in [0.2, 0.25) is 0 Å². The van der Waals surface area contributed by atoms with E-state index in [2.05, 4.69) is 156 Å². The molecule has 0 fully saturated rings. The molecule has 0 saturated heterocycles. The average Bonchev–Trinajstić information content (AvgIpc) is 3.75. The fourth-order valence-corrected chi connectivity index (χ4v) is 7.30. The van der Waals surface area contributed by atoms with E-state index >= 15 is 0 Å². The van der Waals surface area contributed by atoms with Crippen molar-refractivity contribution in [2.45, 2.75) is 171 Å². The summed E-state index contributed by atoms with van der Waals surface area (Å²) in [6.07, 6.45) is 13.7. The standard InChI is InChI=1S/C39H48N3O.C8H18.C4H9.Hf/c1-11-33-36(31-16-12-13-21-34(31)43-33)32-22-42(10)39(40-32)38(35-27(23(2)3)17-14-18-28(35)24(4)5)41-37-29(25(6)7)19-15-20-30(37)26(8)9;1-3-5-7-8-6-4-2;1-3-4-2;/h12-26,38H,11H2,1-10H3;3-8H2,1-2H3;1,3-4H2,2H3;/q-1;;-1;. The molecule has 0 amide bonds. The van der Waals surface area contributed by atoms with Crippen molar-refractivity contribution < 1.29 is 30.3 Å². The number of benzene rings is 3. The van der Waals surface area contributed by atoms with E-state index in [1.807, 2.05) is 12.1 Å². The molecular formula is C51H75HfN3O-2. The van der Waals surface area contributed by atoms with Crippen molar-refractivity contribution in [3.05, 3.63) is 119 Å². The minimum Gasteiger partial charge on any atom is -0.671 e. The Morgan fingerprint density at radius 2 is 1.14 bits per heavy atom. The van der Waals surface area contributed by atoms with Crippen LogP contribution in [-0.2, 0) is 39.3 Å². The van der Waals surface area contributed by atoms with Crippen molar-refractivity contribution in [3.8, 4) is 11.3 Å². The zero-order chi connectivity index (χ0) is 40.7. The fraction of sp³-hybridized carbons (Fsp3) is 0.529. The first-order valence-electron chi connectivity index (χ1n) is 21.7. The maximum absolute atomic E-state index is 6.31. The molecule has 56 heavy (non-hydrogen) atoms. The molecule has 0 aliphatic carbocycles. The SMILES string of the molecule is CCCCCCCC.CCc1oc2ccccc2c1-c1cn(C)c(C([N-]c2c(C(C)C)cccc2C(C)C)c2c(C(C)C)cccc2C(C)C)n1.[CH2-]CCC.[Hf]. The number of nitrogens with zero attached hydrogens (tertiary/aromatic N) is 3. The molecule has 5 aromatic rings. The maximum Gasteiger partial charge on any atom is 0.134 e. The Morgan fingerprint density at radius 3 is 1.59 bits per heavy atom. The van der Waals surface area contributed by atoms with Crippen molar-refractivity contribution >= 4 is 16.7 Å². The van der Waals surface area contributed by atoms with E-state index in [-0.39, 0.29) is 31.9 Å². The van der Waals surface area contributed by atoms with Gasteiger partial charge in [0.05, 0.1) is 17.1 Å². The number of hydrogen-bond donors (Lipinski definition) is 0. The Kier molecular flexibility index (Phi) is 21.8. The van der Waals surface area contributed by atoms with Gasteiger partial charge >= 0.3 is 0 Å². The van der Waals surface area contributed by atoms with Crippen molar-refractivity contribution in [2.75, 3.05) is 0 Å². The number of para-hydroxylation sites is 2. The summed E-state index contributed by atoms with van der Waals surface area (Å²) in [5.41, 5.74) is 10.6. The maximum atomic E-state index is 6.31. The monoisotopic (exact) mass is 926 g/mol. The quantitative estimate of drug-likeness (QED) is 0.0562. The molecule has 5 rings (SSSR count). The average molecular weight is 925 g/mol. The Bertz CT molecular complexity index is 1800. The molecular weight excluding hydrogens is 849 g/mol. The number of hydrogen-bond acceptors (Lipinski definition) is 2. The van der Waals surface area contributed by atoms with E-state index in [9.17, 15) is 0 Å². The van der Waals surface area contributed by atoms with Crippen LogP contribution in [0.1, 0.15) is 204 Å². The summed E-state index contributed by atoms with van der Waals surface area (Å²) >= 11 is 0. The number of fused-ring (bicyclic) bond motifs is 1. The summed E-state index contributed by atoms with van der Waals surface area (Å²) in [5, 5.41) is 6.89. The van der Waals surface area contributed by atoms with Gasteiger partial charge in [-0.15, -0.1) is 5.69 Å². The number of aromatic nitrogens is 2. The van der Waals surface area contributed by atoms with Gasteiger partial charge in [-0.1, -0.05) is 194 Å². The number of imidazole rings is 1. The molecule has 5 heteroatoms. The zero-order valence-electron chi connectivity index (χ0n) is 37.6. The normalized spacial score (nSPS) is 11.8. The minimum absolute atomic E-state index is 0. The second kappa shape index (κ2) is 24.8. The number of rotatable bonds is 16. The van der Waals surface area contributed by atoms with Gasteiger partial charge in [0.15, 0.2) is 0 Å². The van der Waals surface area contributed by atoms with Gasteiger partial charge in [-0.25, -0.2) is 4.98 Å². The van der Waals surface area contributed by atoms with Crippen LogP contribution in [0.5, 0.6) is 0 Å². The van der Waals surface area contributed by atoms with Crippen LogP contribution in [0.3, 0.4) is 0 Å². The smallest absolute Gasteiger partial charge is 0.134 e.